The van der Waals surface area contributed by atoms with E-state index in [9.17, 15) is 48.7 Å². The van der Waals surface area contributed by atoms with E-state index in [4.69, 9.17) is 5.11 Å². The summed E-state index contributed by atoms with van der Waals surface area (Å²) < 4.78 is 124. The lowest BCUT2D eigenvalue weighted by molar-refractivity contribution is -0.353. The van der Waals surface area contributed by atoms with Gasteiger partial charge in [-0.15, -0.1) is 0 Å². The van der Waals surface area contributed by atoms with Gasteiger partial charge in [0.1, 0.15) is 0 Å². The second kappa shape index (κ2) is 4.70. The molecule has 0 saturated carbocycles. The standard InChI is InChI=1S/C8H4F10N2O2/c9-5(10,6(11,12)8(16,17)18)3(21)20-4(22,1-2-19-20)7(13,14)15/h2,22H,1H2. The molecule has 14 heteroatoms. The monoisotopic (exact) mass is 350 g/mol. The van der Waals surface area contributed by atoms with Crippen molar-refractivity contribution in [1.29, 1.82) is 0 Å². The van der Waals surface area contributed by atoms with Gasteiger partial charge >= 0.3 is 30.1 Å². The van der Waals surface area contributed by atoms with Crippen LogP contribution >= 0.6 is 0 Å². The van der Waals surface area contributed by atoms with Gasteiger partial charge in [0.05, 0.1) is 0 Å². The second-order valence-electron chi connectivity index (χ2n) is 4.08. The molecule has 0 bridgehead atoms. The van der Waals surface area contributed by atoms with Crippen LogP contribution in [0.15, 0.2) is 5.10 Å². The smallest absolute Gasteiger partial charge is 0.362 e. The van der Waals surface area contributed by atoms with Crippen LogP contribution in [0, 0.1) is 0 Å². The largest absolute Gasteiger partial charge is 0.460 e. The van der Waals surface area contributed by atoms with Crippen molar-refractivity contribution < 1.29 is 53.8 Å². The zero-order chi connectivity index (χ0) is 17.8. The number of carbonyl (C=O) groups excluding carboxylic acids is 1. The highest BCUT2D eigenvalue weighted by atomic mass is 19.4. The molecule has 0 aromatic heterocycles. The minimum Gasteiger partial charge on any atom is -0.362 e. The van der Waals surface area contributed by atoms with E-state index >= 15 is 0 Å². The van der Waals surface area contributed by atoms with Crippen molar-refractivity contribution in [3.05, 3.63) is 0 Å². The highest BCUT2D eigenvalue weighted by Crippen LogP contribution is 2.49. The number of amides is 1. The number of hydrogen-bond donors (Lipinski definition) is 1. The van der Waals surface area contributed by atoms with E-state index in [-0.39, 0.29) is 6.21 Å². The molecule has 0 fully saturated rings. The van der Waals surface area contributed by atoms with Crippen LogP contribution in [0.2, 0.25) is 0 Å². The first-order valence-corrected chi connectivity index (χ1v) is 4.98. The van der Waals surface area contributed by atoms with E-state index in [1.54, 1.807) is 0 Å². The normalized spacial score (nSPS) is 24.0. The Morgan fingerprint density at radius 2 is 1.50 bits per heavy atom. The predicted octanol–water partition coefficient (Wildman–Crippen LogP) is 2.29. The lowest BCUT2D eigenvalue weighted by Crippen LogP contribution is -2.65. The van der Waals surface area contributed by atoms with Gasteiger partial charge in [-0.05, 0) is 0 Å². The maximum absolute atomic E-state index is 13.1. The molecule has 0 spiro atoms. The van der Waals surface area contributed by atoms with Crippen molar-refractivity contribution in [3.8, 4) is 0 Å². The van der Waals surface area contributed by atoms with Gasteiger partial charge in [0.25, 0.3) is 5.72 Å². The number of carbonyl (C=O) groups is 1. The molecule has 1 rings (SSSR count). The molecular formula is C8H4F10N2O2. The van der Waals surface area contributed by atoms with Gasteiger partial charge in [-0.1, -0.05) is 0 Å². The summed E-state index contributed by atoms with van der Waals surface area (Å²) in [5.41, 5.74) is -4.45. The molecule has 1 heterocycles. The highest BCUT2D eigenvalue weighted by molar-refractivity contribution is 5.87. The SMILES string of the molecule is O=C(N1N=CCC1(O)C(F)(F)F)C(F)(F)C(F)(F)C(F)(F)F. The van der Waals surface area contributed by atoms with Gasteiger partial charge in [0.15, 0.2) is 0 Å². The fourth-order valence-electron chi connectivity index (χ4n) is 1.33. The molecule has 4 nitrogen and oxygen atoms in total. The number of rotatable bonds is 2. The van der Waals surface area contributed by atoms with Gasteiger partial charge in [-0.2, -0.15) is 54.0 Å². The Bertz CT molecular complexity index is 496. The zero-order valence-corrected chi connectivity index (χ0v) is 9.81. The number of hydrogen-bond acceptors (Lipinski definition) is 3. The van der Waals surface area contributed by atoms with Gasteiger partial charge < -0.3 is 5.11 Å². The summed E-state index contributed by atoms with van der Waals surface area (Å²) in [6.07, 6.45) is -14.3. The molecule has 0 aromatic rings. The van der Waals surface area contributed by atoms with Crippen LogP contribution in [0.25, 0.3) is 0 Å². The van der Waals surface area contributed by atoms with Crippen LogP contribution in [-0.4, -0.2) is 52.2 Å². The number of halogens is 10. The van der Waals surface area contributed by atoms with Crippen molar-refractivity contribution >= 4 is 12.1 Å². The Hall–Kier alpha value is -1.60. The number of hydrazone groups is 1. The molecule has 0 saturated heterocycles. The van der Waals surface area contributed by atoms with Crippen molar-refractivity contribution in [1.82, 2.24) is 5.01 Å². The summed E-state index contributed by atoms with van der Waals surface area (Å²) in [5.74, 6) is -17.2. The minimum atomic E-state index is -6.97. The summed E-state index contributed by atoms with van der Waals surface area (Å²) in [7, 11) is 0. The lowest BCUT2D eigenvalue weighted by atomic mass is 10.1. The Labute approximate surface area is 114 Å². The Morgan fingerprint density at radius 3 is 1.86 bits per heavy atom. The molecule has 0 aliphatic carbocycles. The third-order valence-corrected chi connectivity index (χ3v) is 2.59. The first-order chi connectivity index (χ1) is 9.50. The zero-order valence-electron chi connectivity index (χ0n) is 9.81. The summed E-state index contributed by atoms with van der Waals surface area (Å²) in [5, 5.41) is 9.88. The summed E-state index contributed by atoms with van der Waals surface area (Å²) in [4.78, 5) is 11.0. The minimum absolute atomic E-state index is 0.0627. The predicted molar refractivity (Wildman–Crippen MR) is 46.9 cm³/mol. The van der Waals surface area contributed by atoms with Crippen LogP contribution in [0.5, 0.6) is 0 Å². The van der Waals surface area contributed by atoms with Crippen LogP contribution < -0.4 is 0 Å². The second-order valence-corrected chi connectivity index (χ2v) is 4.08. The summed E-state index contributed by atoms with van der Waals surface area (Å²) in [6.45, 7) is 0. The Morgan fingerprint density at radius 1 is 1.05 bits per heavy atom. The molecule has 22 heavy (non-hydrogen) atoms. The van der Waals surface area contributed by atoms with Crippen molar-refractivity contribution in [2.45, 2.75) is 36.3 Å². The Kier molecular flexibility index (Phi) is 3.94. The average molecular weight is 350 g/mol. The summed E-state index contributed by atoms with van der Waals surface area (Å²) in [6, 6.07) is 0. The quantitative estimate of drug-likeness (QED) is 0.777. The number of nitrogens with zero attached hydrogens (tertiary/aromatic N) is 2. The van der Waals surface area contributed by atoms with Crippen LogP contribution in [0.3, 0.4) is 0 Å². The number of aliphatic hydroxyl groups is 1. The third kappa shape index (κ3) is 2.38. The van der Waals surface area contributed by atoms with E-state index in [0.29, 0.717) is 0 Å². The molecule has 128 valence electrons. The first kappa shape index (κ1) is 18.4. The van der Waals surface area contributed by atoms with Crippen LogP contribution in [-0.2, 0) is 4.79 Å². The van der Waals surface area contributed by atoms with Gasteiger partial charge in [-0.3, -0.25) is 4.79 Å². The molecule has 1 N–H and O–H groups in total. The van der Waals surface area contributed by atoms with Crippen LogP contribution in [0.1, 0.15) is 6.42 Å². The molecule has 1 atom stereocenters. The van der Waals surface area contributed by atoms with E-state index in [1.807, 2.05) is 0 Å². The van der Waals surface area contributed by atoms with E-state index in [1.165, 1.54) is 0 Å². The molecular weight excluding hydrogens is 346 g/mol. The van der Waals surface area contributed by atoms with Crippen molar-refractivity contribution in [3.63, 3.8) is 0 Å². The van der Waals surface area contributed by atoms with Crippen LogP contribution in [0.4, 0.5) is 43.9 Å². The fourth-order valence-corrected chi connectivity index (χ4v) is 1.33. The van der Waals surface area contributed by atoms with Gasteiger partial charge in [0, 0.05) is 12.6 Å². The van der Waals surface area contributed by atoms with Gasteiger partial charge in [0.2, 0.25) is 0 Å². The van der Waals surface area contributed by atoms with Crippen molar-refractivity contribution in [2.75, 3.05) is 0 Å². The molecule has 1 aliphatic heterocycles. The highest BCUT2D eigenvalue weighted by Gasteiger charge is 2.79. The van der Waals surface area contributed by atoms with E-state index < -0.39 is 47.3 Å². The van der Waals surface area contributed by atoms with E-state index in [2.05, 4.69) is 5.10 Å². The molecule has 1 unspecified atom stereocenters. The number of alkyl halides is 10. The topological polar surface area (TPSA) is 52.9 Å². The van der Waals surface area contributed by atoms with Crippen molar-refractivity contribution in [2.24, 2.45) is 5.10 Å². The summed E-state index contributed by atoms with van der Waals surface area (Å²) >= 11 is 0. The maximum atomic E-state index is 13.1. The third-order valence-electron chi connectivity index (χ3n) is 2.59. The maximum Gasteiger partial charge on any atom is 0.460 e. The van der Waals surface area contributed by atoms with E-state index in [0.717, 1.165) is 0 Å². The molecule has 1 amide bonds. The van der Waals surface area contributed by atoms with Gasteiger partial charge in [-0.25, -0.2) is 0 Å². The Balaban J connectivity index is 3.28. The molecule has 0 aromatic carbocycles. The fraction of sp³-hybridized carbons (Fsp3) is 0.750. The average Bonchev–Trinajstić information content (AvgIpc) is 2.69. The molecule has 0 radical (unpaired) electrons. The lowest BCUT2D eigenvalue weighted by Gasteiger charge is -2.36. The molecule has 1 aliphatic rings. The first-order valence-electron chi connectivity index (χ1n) is 4.98.